The molecule has 2 N–H and O–H groups in total. The van der Waals surface area contributed by atoms with Gasteiger partial charge in [0.15, 0.2) is 5.13 Å². The minimum Gasteiger partial charge on any atom is -0.497 e. The van der Waals surface area contributed by atoms with Crippen molar-refractivity contribution in [2.75, 3.05) is 17.7 Å². The van der Waals surface area contributed by atoms with Gasteiger partial charge >= 0.3 is 0 Å². The van der Waals surface area contributed by atoms with Gasteiger partial charge in [0.05, 0.1) is 29.0 Å². The van der Waals surface area contributed by atoms with E-state index >= 15 is 0 Å². The standard InChI is InChI=1S/C26H24ClN3O3S2/c1-3-22(25(32)30-26-29-21-12-11-19(33-2)15-23(21)35-26)34-20-6-4-5-18(14-20)28-24(31)13-16-7-9-17(27)10-8-16/h4-12,14-15,22H,3,13H2,1-2H3,(H,28,31)(H,29,30,32). The van der Waals surface area contributed by atoms with Crippen LogP contribution in [-0.2, 0) is 16.0 Å². The molecule has 3 aromatic carbocycles. The number of halogens is 1. The summed E-state index contributed by atoms with van der Waals surface area (Å²) >= 11 is 8.77. The minimum atomic E-state index is -0.309. The van der Waals surface area contributed by atoms with Crippen molar-refractivity contribution < 1.29 is 14.3 Å². The molecule has 0 radical (unpaired) electrons. The van der Waals surface area contributed by atoms with Crippen LogP contribution in [0.15, 0.2) is 71.6 Å². The number of benzene rings is 3. The van der Waals surface area contributed by atoms with Gasteiger partial charge in [0.2, 0.25) is 11.8 Å². The Balaban J connectivity index is 1.38. The van der Waals surface area contributed by atoms with Crippen molar-refractivity contribution in [2.45, 2.75) is 29.9 Å². The highest BCUT2D eigenvalue weighted by atomic mass is 35.5. The molecule has 35 heavy (non-hydrogen) atoms. The number of anilines is 2. The van der Waals surface area contributed by atoms with E-state index < -0.39 is 0 Å². The van der Waals surface area contributed by atoms with E-state index in [0.717, 1.165) is 26.4 Å². The molecule has 1 heterocycles. The third kappa shape index (κ3) is 6.75. The number of thiazole rings is 1. The minimum absolute atomic E-state index is 0.110. The van der Waals surface area contributed by atoms with Gasteiger partial charge in [0.1, 0.15) is 5.75 Å². The molecule has 4 aromatic rings. The lowest BCUT2D eigenvalue weighted by Crippen LogP contribution is -2.24. The van der Waals surface area contributed by atoms with E-state index in [9.17, 15) is 9.59 Å². The number of carbonyl (C=O) groups excluding carboxylic acids is 2. The molecule has 9 heteroatoms. The van der Waals surface area contributed by atoms with Crippen LogP contribution in [0.2, 0.25) is 5.02 Å². The van der Waals surface area contributed by atoms with Gasteiger partial charge in [-0.25, -0.2) is 4.98 Å². The van der Waals surface area contributed by atoms with Crippen molar-refractivity contribution in [2.24, 2.45) is 0 Å². The lowest BCUT2D eigenvalue weighted by Gasteiger charge is -2.14. The Hall–Kier alpha value is -3.07. The van der Waals surface area contributed by atoms with Gasteiger partial charge in [-0.2, -0.15) is 0 Å². The SMILES string of the molecule is CCC(Sc1cccc(NC(=O)Cc2ccc(Cl)cc2)c1)C(=O)Nc1nc2ccc(OC)cc2s1. The first-order valence-corrected chi connectivity index (χ1v) is 13.1. The molecule has 0 aliphatic rings. The molecule has 6 nitrogen and oxygen atoms in total. The van der Waals surface area contributed by atoms with E-state index in [1.807, 2.05) is 61.5 Å². The van der Waals surface area contributed by atoms with E-state index in [1.165, 1.54) is 23.1 Å². The number of carbonyl (C=O) groups is 2. The van der Waals surface area contributed by atoms with Gasteiger partial charge in [0, 0.05) is 15.6 Å². The zero-order chi connectivity index (χ0) is 24.8. The normalized spacial score (nSPS) is 11.7. The molecule has 180 valence electrons. The van der Waals surface area contributed by atoms with Crippen molar-refractivity contribution in [3.8, 4) is 5.75 Å². The van der Waals surface area contributed by atoms with Gasteiger partial charge in [-0.1, -0.05) is 48.1 Å². The summed E-state index contributed by atoms with van der Waals surface area (Å²) in [6, 6.07) is 20.3. The fourth-order valence-corrected chi connectivity index (χ4v) is 5.43. The van der Waals surface area contributed by atoms with Crippen molar-refractivity contribution in [3.05, 3.63) is 77.3 Å². The van der Waals surface area contributed by atoms with Gasteiger partial charge in [-0.15, -0.1) is 11.8 Å². The summed E-state index contributed by atoms with van der Waals surface area (Å²) in [5, 5.41) is 6.75. The molecule has 4 rings (SSSR count). The second-order valence-electron chi connectivity index (χ2n) is 7.74. The zero-order valence-corrected chi connectivity index (χ0v) is 21.6. The van der Waals surface area contributed by atoms with E-state index in [-0.39, 0.29) is 23.5 Å². The highest BCUT2D eigenvalue weighted by molar-refractivity contribution is 8.00. The fraction of sp³-hybridized carbons (Fsp3) is 0.192. The largest absolute Gasteiger partial charge is 0.497 e. The first-order chi connectivity index (χ1) is 16.9. The molecular formula is C26H24ClN3O3S2. The molecule has 1 unspecified atom stereocenters. The molecule has 0 bridgehead atoms. The second kappa shape index (κ2) is 11.6. The van der Waals surface area contributed by atoms with Crippen LogP contribution in [0.1, 0.15) is 18.9 Å². The van der Waals surface area contributed by atoms with E-state index in [2.05, 4.69) is 15.6 Å². The number of amides is 2. The summed E-state index contributed by atoms with van der Waals surface area (Å²) in [4.78, 5) is 30.8. The highest BCUT2D eigenvalue weighted by Crippen LogP contribution is 2.32. The van der Waals surface area contributed by atoms with Crippen molar-refractivity contribution in [1.82, 2.24) is 4.98 Å². The molecule has 1 atom stereocenters. The summed E-state index contributed by atoms with van der Waals surface area (Å²) in [5.41, 5.74) is 2.38. The lowest BCUT2D eigenvalue weighted by atomic mass is 10.1. The molecular weight excluding hydrogens is 502 g/mol. The van der Waals surface area contributed by atoms with Crippen molar-refractivity contribution in [1.29, 1.82) is 0 Å². The first-order valence-electron chi connectivity index (χ1n) is 11.0. The molecule has 1 aromatic heterocycles. The van der Waals surface area contributed by atoms with Gasteiger partial charge < -0.3 is 15.4 Å². The summed E-state index contributed by atoms with van der Waals surface area (Å²) in [5.74, 6) is 0.522. The first kappa shape index (κ1) is 25.0. The fourth-order valence-electron chi connectivity index (χ4n) is 3.40. The average molecular weight is 526 g/mol. The van der Waals surface area contributed by atoms with E-state index in [4.69, 9.17) is 16.3 Å². The Kier molecular flexibility index (Phi) is 8.28. The number of methoxy groups -OCH3 is 1. The Morgan fingerprint density at radius 2 is 1.89 bits per heavy atom. The van der Waals surface area contributed by atoms with Crippen molar-refractivity contribution in [3.63, 3.8) is 0 Å². The van der Waals surface area contributed by atoms with Gasteiger partial charge in [0.25, 0.3) is 0 Å². The molecule has 0 fully saturated rings. The molecule has 0 spiro atoms. The predicted octanol–water partition coefficient (Wildman–Crippen LogP) is 6.65. The van der Waals surface area contributed by atoms with E-state index in [0.29, 0.717) is 22.3 Å². The Morgan fingerprint density at radius 1 is 1.09 bits per heavy atom. The Bertz CT molecular complexity index is 1340. The molecule has 0 saturated heterocycles. The van der Waals surface area contributed by atoms with E-state index in [1.54, 1.807) is 19.2 Å². The number of rotatable bonds is 9. The highest BCUT2D eigenvalue weighted by Gasteiger charge is 2.20. The maximum atomic E-state index is 13.0. The number of nitrogens with zero attached hydrogens (tertiary/aromatic N) is 1. The number of hydrogen-bond donors (Lipinski definition) is 2. The number of nitrogens with one attached hydrogen (secondary N) is 2. The van der Waals surface area contributed by atoms with Crippen molar-refractivity contribution >= 4 is 67.5 Å². The summed E-state index contributed by atoms with van der Waals surface area (Å²) in [7, 11) is 1.62. The third-order valence-corrected chi connectivity index (χ3v) is 7.71. The number of hydrogen-bond acceptors (Lipinski definition) is 6. The maximum absolute atomic E-state index is 13.0. The van der Waals surface area contributed by atoms with Crippen LogP contribution in [0.3, 0.4) is 0 Å². The summed E-state index contributed by atoms with van der Waals surface area (Å²) in [6.07, 6.45) is 0.894. The average Bonchev–Trinajstić information content (AvgIpc) is 3.25. The summed E-state index contributed by atoms with van der Waals surface area (Å²) < 4.78 is 6.21. The number of fused-ring (bicyclic) bond motifs is 1. The Morgan fingerprint density at radius 3 is 2.63 bits per heavy atom. The number of thioether (sulfide) groups is 1. The Labute approximate surface area is 217 Å². The molecule has 0 aliphatic heterocycles. The molecule has 2 amide bonds. The van der Waals surface area contributed by atoms with Crippen LogP contribution in [0.4, 0.5) is 10.8 Å². The number of ether oxygens (including phenoxy) is 1. The quantitative estimate of drug-likeness (QED) is 0.239. The maximum Gasteiger partial charge on any atom is 0.239 e. The number of aromatic nitrogens is 1. The third-order valence-electron chi connectivity index (χ3n) is 5.16. The van der Waals surface area contributed by atoms with Gasteiger partial charge in [-0.3, -0.25) is 9.59 Å². The monoisotopic (exact) mass is 525 g/mol. The van der Waals surface area contributed by atoms with Crippen LogP contribution >= 0.6 is 34.7 Å². The topological polar surface area (TPSA) is 80.3 Å². The van der Waals surface area contributed by atoms with Crippen LogP contribution in [0.25, 0.3) is 10.2 Å². The van der Waals surface area contributed by atoms with Crippen LogP contribution < -0.4 is 15.4 Å². The molecule has 0 aliphatic carbocycles. The lowest BCUT2D eigenvalue weighted by molar-refractivity contribution is -0.116. The summed E-state index contributed by atoms with van der Waals surface area (Å²) in [6.45, 7) is 1.97. The van der Waals surface area contributed by atoms with Crippen LogP contribution in [-0.4, -0.2) is 29.2 Å². The zero-order valence-electron chi connectivity index (χ0n) is 19.2. The van der Waals surface area contributed by atoms with Crippen LogP contribution in [0, 0.1) is 0 Å². The second-order valence-corrected chi connectivity index (χ2v) is 10.5. The molecule has 0 saturated carbocycles. The van der Waals surface area contributed by atoms with Gasteiger partial charge in [-0.05, 0) is 60.5 Å². The predicted molar refractivity (Wildman–Crippen MR) is 145 cm³/mol. The smallest absolute Gasteiger partial charge is 0.239 e. The van der Waals surface area contributed by atoms with Crippen LogP contribution in [0.5, 0.6) is 5.75 Å².